The van der Waals surface area contributed by atoms with Gasteiger partial charge in [0.15, 0.2) is 11.5 Å². The van der Waals surface area contributed by atoms with Crippen molar-refractivity contribution in [2.75, 3.05) is 27.9 Å². The number of amides is 1. The Labute approximate surface area is 167 Å². The van der Waals surface area contributed by atoms with Crippen LogP contribution in [0.3, 0.4) is 0 Å². The maximum Gasteiger partial charge on any atom is 0.311 e. The van der Waals surface area contributed by atoms with Gasteiger partial charge in [-0.15, -0.1) is 0 Å². The Hall–Kier alpha value is -3.43. The average molecular weight is 407 g/mol. The fourth-order valence-corrected chi connectivity index (χ4v) is 3.16. The van der Waals surface area contributed by atoms with E-state index in [0.29, 0.717) is 28.5 Å². The van der Waals surface area contributed by atoms with Crippen LogP contribution in [0.25, 0.3) is 0 Å². The topological polar surface area (TPSA) is 146 Å². The lowest BCUT2D eigenvalue weighted by molar-refractivity contribution is -0.142. The standard InChI is InChI=1S/C19H25N3O7/c1-5-29-16(24)9-12-17(19(25)22-21-12)11(8-15(20)23)10-6-13(26-2)18(28-4)14(7-10)27-3/h6-7,11H,5,8-9H2,1-4H3,(H2,20,23)(H2,21,22,25). The minimum absolute atomic E-state index is 0.165. The third kappa shape index (κ3) is 4.89. The molecule has 1 aromatic carbocycles. The summed E-state index contributed by atoms with van der Waals surface area (Å²) in [4.78, 5) is 36.2. The van der Waals surface area contributed by atoms with Crippen LogP contribution >= 0.6 is 0 Å². The zero-order valence-corrected chi connectivity index (χ0v) is 16.8. The highest BCUT2D eigenvalue weighted by atomic mass is 16.5. The molecule has 0 radical (unpaired) electrons. The number of aromatic nitrogens is 2. The number of ether oxygens (including phenoxy) is 4. The van der Waals surface area contributed by atoms with Gasteiger partial charge in [-0.05, 0) is 24.6 Å². The van der Waals surface area contributed by atoms with Gasteiger partial charge in [-0.3, -0.25) is 19.5 Å². The molecule has 0 aliphatic heterocycles. The summed E-state index contributed by atoms with van der Waals surface area (Å²) >= 11 is 0. The fraction of sp³-hybridized carbons (Fsp3) is 0.421. The van der Waals surface area contributed by atoms with Gasteiger partial charge in [0.05, 0.1) is 40.1 Å². The molecule has 0 aliphatic rings. The van der Waals surface area contributed by atoms with Crippen LogP contribution < -0.4 is 25.5 Å². The molecule has 0 aliphatic carbocycles. The summed E-state index contributed by atoms with van der Waals surface area (Å²) in [6.07, 6.45) is -0.336. The predicted molar refractivity (Wildman–Crippen MR) is 104 cm³/mol. The highest BCUT2D eigenvalue weighted by molar-refractivity contribution is 5.76. The van der Waals surface area contributed by atoms with E-state index in [4.69, 9.17) is 24.7 Å². The molecule has 1 amide bonds. The zero-order chi connectivity index (χ0) is 21.6. The lowest BCUT2D eigenvalue weighted by Crippen LogP contribution is -2.22. The number of carbonyl (C=O) groups excluding carboxylic acids is 2. The number of benzene rings is 1. The molecule has 0 fully saturated rings. The van der Waals surface area contributed by atoms with Gasteiger partial charge in [0, 0.05) is 17.9 Å². The van der Waals surface area contributed by atoms with E-state index in [9.17, 15) is 14.4 Å². The monoisotopic (exact) mass is 407 g/mol. The van der Waals surface area contributed by atoms with E-state index in [0.717, 1.165) is 0 Å². The number of H-pyrrole nitrogens is 2. The van der Waals surface area contributed by atoms with E-state index < -0.39 is 23.4 Å². The van der Waals surface area contributed by atoms with Crippen molar-refractivity contribution >= 4 is 11.9 Å². The van der Waals surface area contributed by atoms with Gasteiger partial charge in [0.2, 0.25) is 11.7 Å². The molecule has 0 saturated carbocycles. The highest BCUT2D eigenvalue weighted by Crippen LogP contribution is 2.42. The number of primary amides is 1. The molecular weight excluding hydrogens is 382 g/mol. The van der Waals surface area contributed by atoms with Gasteiger partial charge in [0.1, 0.15) is 0 Å². The SMILES string of the molecule is CCOC(=O)Cc1[nH][nH]c(=O)c1C(CC(N)=O)c1cc(OC)c(OC)c(OC)c1. The van der Waals surface area contributed by atoms with Crippen LogP contribution in [0, 0.1) is 0 Å². The molecule has 0 spiro atoms. The second-order valence-corrected chi connectivity index (χ2v) is 6.13. The molecule has 29 heavy (non-hydrogen) atoms. The summed E-state index contributed by atoms with van der Waals surface area (Å²) in [6.45, 7) is 1.89. The Morgan fingerprint density at radius 3 is 2.17 bits per heavy atom. The van der Waals surface area contributed by atoms with Crippen molar-refractivity contribution in [2.45, 2.75) is 25.7 Å². The summed E-state index contributed by atoms with van der Waals surface area (Å²) in [5.74, 6) is -0.796. The number of methoxy groups -OCH3 is 3. The van der Waals surface area contributed by atoms with Crippen molar-refractivity contribution in [3.8, 4) is 17.2 Å². The van der Waals surface area contributed by atoms with Crippen molar-refractivity contribution in [1.29, 1.82) is 0 Å². The first-order valence-corrected chi connectivity index (χ1v) is 8.89. The smallest absolute Gasteiger partial charge is 0.311 e. The fourth-order valence-electron chi connectivity index (χ4n) is 3.16. The van der Waals surface area contributed by atoms with E-state index in [2.05, 4.69) is 10.2 Å². The van der Waals surface area contributed by atoms with Crippen LogP contribution in [-0.2, 0) is 20.7 Å². The van der Waals surface area contributed by atoms with Crippen molar-refractivity contribution < 1.29 is 28.5 Å². The minimum Gasteiger partial charge on any atom is -0.493 e. The maximum absolute atomic E-state index is 12.5. The molecule has 10 heteroatoms. The van der Waals surface area contributed by atoms with Gasteiger partial charge < -0.3 is 29.8 Å². The van der Waals surface area contributed by atoms with Gasteiger partial charge >= 0.3 is 5.97 Å². The number of aromatic amines is 2. The van der Waals surface area contributed by atoms with Crippen LogP contribution in [0.1, 0.15) is 36.1 Å². The van der Waals surface area contributed by atoms with Crippen molar-refractivity contribution in [2.24, 2.45) is 5.73 Å². The number of esters is 1. The highest BCUT2D eigenvalue weighted by Gasteiger charge is 2.28. The van der Waals surface area contributed by atoms with Crippen LogP contribution in [0.5, 0.6) is 17.2 Å². The normalized spacial score (nSPS) is 11.6. The summed E-state index contributed by atoms with van der Waals surface area (Å²) in [5, 5.41) is 5.15. The minimum atomic E-state index is -0.749. The number of rotatable bonds is 10. The van der Waals surface area contributed by atoms with Crippen molar-refractivity contribution in [3.63, 3.8) is 0 Å². The third-order valence-corrected chi connectivity index (χ3v) is 4.37. The summed E-state index contributed by atoms with van der Waals surface area (Å²) in [7, 11) is 4.38. The maximum atomic E-state index is 12.5. The lowest BCUT2D eigenvalue weighted by atomic mass is 9.87. The first kappa shape index (κ1) is 21.9. The van der Waals surface area contributed by atoms with Crippen LogP contribution in [-0.4, -0.2) is 50.0 Å². The molecule has 0 bridgehead atoms. The summed E-state index contributed by atoms with van der Waals surface area (Å²) in [5.41, 5.74) is 6.04. The van der Waals surface area contributed by atoms with Crippen LogP contribution in [0.2, 0.25) is 0 Å². The van der Waals surface area contributed by atoms with Gasteiger partial charge in [-0.2, -0.15) is 0 Å². The van der Waals surface area contributed by atoms with E-state index in [1.807, 2.05) is 0 Å². The quantitative estimate of drug-likeness (QED) is 0.495. The first-order valence-electron chi connectivity index (χ1n) is 8.89. The molecule has 0 saturated heterocycles. The molecule has 1 unspecified atom stereocenters. The Morgan fingerprint density at radius 2 is 1.69 bits per heavy atom. The number of hydrogen-bond donors (Lipinski definition) is 3. The number of hydrogen-bond acceptors (Lipinski definition) is 7. The second kappa shape index (κ2) is 9.67. The third-order valence-electron chi connectivity index (χ3n) is 4.37. The molecule has 1 heterocycles. The van der Waals surface area contributed by atoms with E-state index in [-0.39, 0.29) is 25.0 Å². The number of carbonyl (C=O) groups is 2. The molecule has 2 rings (SSSR count). The van der Waals surface area contributed by atoms with E-state index in [1.54, 1.807) is 19.1 Å². The summed E-state index contributed by atoms with van der Waals surface area (Å²) in [6, 6.07) is 3.27. The van der Waals surface area contributed by atoms with Crippen LogP contribution in [0.15, 0.2) is 16.9 Å². The molecule has 2 aromatic rings. The molecule has 4 N–H and O–H groups in total. The second-order valence-electron chi connectivity index (χ2n) is 6.13. The zero-order valence-electron chi connectivity index (χ0n) is 16.8. The summed E-state index contributed by atoms with van der Waals surface area (Å²) < 4.78 is 21.0. The molecular formula is C19H25N3O7. The predicted octanol–water partition coefficient (Wildman–Crippen LogP) is 0.842. The van der Waals surface area contributed by atoms with Crippen molar-refractivity contribution in [1.82, 2.24) is 10.2 Å². The first-order chi connectivity index (χ1) is 13.9. The molecule has 1 aromatic heterocycles. The lowest BCUT2D eigenvalue weighted by Gasteiger charge is -2.19. The van der Waals surface area contributed by atoms with Gasteiger partial charge in [-0.1, -0.05) is 0 Å². The van der Waals surface area contributed by atoms with E-state index in [1.165, 1.54) is 21.3 Å². The van der Waals surface area contributed by atoms with E-state index >= 15 is 0 Å². The molecule has 1 atom stereocenters. The van der Waals surface area contributed by atoms with Gasteiger partial charge in [-0.25, -0.2) is 0 Å². The largest absolute Gasteiger partial charge is 0.493 e. The van der Waals surface area contributed by atoms with Crippen molar-refractivity contribution in [3.05, 3.63) is 39.3 Å². The number of nitrogens with two attached hydrogens (primary N) is 1. The Morgan fingerprint density at radius 1 is 1.07 bits per heavy atom. The number of nitrogens with one attached hydrogen (secondary N) is 2. The Bertz CT molecular complexity index is 907. The molecule has 10 nitrogen and oxygen atoms in total. The molecule has 158 valence electrons. The Balaban J connectivity index is 2.63. The average Bonchev–Trinajstić information content (AvgIpc) is 3.04. The van der Waals surface area contributed by atoms with Crippen LogP contribution in [0.4, 0.5) is 0 Å². The Kier molecular flexibility index (Phi) is 7.29. The van der Waals surface area contributed by atoms with Gasteiger partial charge in [0.25, 0.3) is 5.56 Å².